The number of nitrogens with zero attached hydrogens (tertiary/aromatic N) is 2. The van der Waals surface area contributed by atoms with Gasteiger partial charge in [-0.25, -0.2) is 0 Å². The Hall–Kier alpha value is -1.43. The summed E-state index contributed by atoms with van der Waals surface area (Å²) >= 11 is 0. The van der Waals surface area contributed by atoms with Gasteiger partial charge in [-0.2, -0.15) is 0 Å². The highest BCUT2D eigenvalue weighted by molar-refractivity contribution is 5.91. The monoisotopic (exact) mass is 282 g/mol. The lowest BCUT2D eigenvalue weighted by Gasteiger charge is -2.27. The van der Waals surface area contributed by atoms with Crippen molar-refractivity contribution in [2.75, 3.05) is 20.6 Å². The van der Waals surface area contributed by atoms with Crippen molar-refractivity contribution in [2.45, 2.75) is 51.2 Å². The summed E-state index contributed by atoms with van der Waals surface area (Å²) in [5.41, 5.74) is 0. The van der Waals surface area contributed by atoms with Crippen molar-refractivity contribution >= 4 is 18.0 Å². The molecule has 1 heterocycles. The summed E-state index contributed by atoms with van der Waals surface area (Å²) in [6.07, 6.45) is 4.12. The zero-order valence-corrected chi connectivity index (χ0v) is 12.8. The van der Waals surface area contributed by atoms with Crippen molar-refractivity contribution in [1.82, 2.24) is 15.5 Å². The van der Waals surface area contributed by atoms with E-state index < -0.39 is 0 Å². The average molecular weight is 282 g/mol. The summed E-state index contributed by atoms with van der Waals surface area (Å²) in [6, 6.07) is -0.674. The fourth-order valence-corrected chi connectivity index (χ4v) is 2.38. The number of carbonyl (C=O) groups is 2. The van der Waals surface area contributed by atoms with Gasteiger partial charge in [0, 0.05) is 19.8 Å². The van der Waals surface area contributed by atoms with E-state index in [1.807, 2.05) is 13.8 Å². The first-order chi connectivity index (χ1) is 9.54. The first-order valence-corrected chi connectivity index (χ1v) is 7.25. The third-order valence-electron chi connectivity index (χ3n) is 3.74. The molecule has 0 radical (unpaired) electrons. The van der Waals surface area contributed by atoms with Crippen LogP contribution < -0.4 is 10.6 Å². The molecule has 1 fully saturated rings. The third-order valence-corrected chi connectivity index (χ3v) is 3.74. The maximum atomic E-state index is 12.3. The second-order valence-electron chi connectivity index (χ2n) is 5.13. The number of likely N-dealkylation sites (tertiary alicyclic amines) is 1. The Morgan fingerprint density at radius 3 is 2.75 bits per heavy atom. The van der Waals surface area contributed by atoms with Crippen molar-refractivity contribution in [1.29, 1.82) is 0 Å². The summed E-state index contributed by atoms with van der Waals surface area (Å²) in [4.78, 5) is 30.2. The van der Waals surface area contributed by atoms with Gasteiger partial charge in [-0.15, -0.1) is 0 Å². The molecule has 1 aliphatic rings. The molecule has 2 amide bonds. The quantitative estimate of drug-likeness (QED) is 0.683. The van der Waals surface area contributed by atoms with Crippen LogP contribution in [0, 0.1) is 0 Å². The van der Waals surface area contributed by atoms with Crippen molar-refractivity contribution < 1.29 is 9.59 Å². The molecule has 0 aromatic rings. The van der Waals surface area contributed by atoms with E-state index in [0.717, 1.165) is 19.3 Å². The molecule has 3 atom stereocenters. The molecule has 6 heteroatoms. The van der Waals surface area contributed by atoms with Crippen LogP contribution in [0.3, 0.4) is 0 Å². The van der Waals surface area contributed by atoms with Gasteiger partial charge in [0.15, 0.2) is 0 Å². The zero-order chi connectivity index (χ0) is 15.1. The maximum Gasteiger partial charge on any atom is 0.243 e. The molecule has 2 N–H and O–H groups in total. The summed E-state index contributed by atoms with van der Waals surface area (Å²) in [7, 11) is 3.44. The summed E-state index contributed by atoms with van der Waals surface area (Å²) in [5.74, 6) is -0.0896. The first kappa shape index (κ1) is 16.6. The van der Waals surface area contributed by atoms with Crippen molar-refractivity contribution in [2.24, 2.45) is 4.99 Å². The molecule has 1 saturated heterocycles. The zero-order valence-electron chi connectivity index (χ0n) is 12.8. The molecule has 114 valence electrons. The summed E-state index contributed by atoms with van der Waals surface area (Å²) in [6.45, 7) is 4.46. The second kappa shape index (κ2) is 7.99. The molecule has 1 aliphatic heterocycles. The van der Waals surface area contributed by atoms with E-state index in [2.05, 4.69) is 15.6 Å². The minimum absolute atomic E-state index is 0.0117. The van der Waals surface area contributed by atoms with Crippen LogP contribution in [0.5, 0.6) is 0 Å². The van der Waals surface area contributed by atoms with Gasteiger partial charge < -0.3 is 15.5 Å². The molecule has 0 aromatic heterocycles. The molecular formula is C14H26N4O2. The summed E-state index contributed by atoms with van der Waals surface area (Å²) < 4.78 is 0. The Kier molecular flexibility index (Phi) is 6.64. The lowest BCUT2D eigenvalue weighted by atomic mass is 10.1. The Labute approximate surface area is 121 Å². The molecule has 0 bridgehead atoms. The lowest BCUT2D eigenvalue weighted by Crippen LogP contribution is -2.52. The van der Waals surface area contributed by atoms with E-state index in [1.165, 1.54) is 0 Å². The summed E-state index contributed by atoms with van der Waals surface area (Å²) in [5, 5.41) is 5.88. The SMILES string of the molecule is CC[C@@H](C=NC)NC(=O)[C@@H]1CCCN1C(=O)[C@H](C)NC. The second-order valence-corrected chi connectivity index (χ2v) is 5.13. The Balaban J connectivity index is 2.68. The van der Waals surface area contributed by atoms with Gasteiger partial charge in [0.2, 0.25) is 11.8 Å². The highest BCUT2D eigenvalue weighted by Crippen LogP contribution is 2.18. The van der Waals surface area contributed by atoms with E-state index in [0.29, 0.717) is 6.54 Å². The van der Waals surface area contributed by atoms with Gasteiger partial charge in [-0.1, -0.05) is 6.92 Å². The predicted molar refractivity (Wildman–Crippen MR) is 79.9 cm³/mol. The van der Waals surface area contributed by atoms with Crippen molar-refractivity contribution in [3.05, 3.63) is 0 Å². The van der Waals surface area contributed by atoms with E-state index in [9.17, 15) is 9.59 Å². The molecule has 20 heavy (non-hydrogen) atoms. The standard InChI is InChI=1S/C14H26N4O2/c1-5-11(9-15-3)17-13(19)12-7-6-8-18(12)14(20)10(2)16-4/h9-12,16H,5-8H2,1-4H3,(H,17,19)/t10-,11-,12-/m0/s1. The smallest absolute Gasteiger partial charge is 0.243 e. The Morgan fingerprint density at radius 1 is 1.50 bits per heavy atom. The molecule has 0 saturated carbocycles. The fraction of sp³-hybridized carbons (Fsp3) is 0.786. The molecule has 1 rings (SSSR count). The number of nitrogens with one attached hydrogen (secondary N) is 2. The minimum Gasteiger partial charge on any atom is -0.347 e. The van der Waals surface area contributed by atoms with Crippen LogP contribution in [0.1, 0.15) is 33.1 Å². The van der Waals surface area contributed by atoms with Crippen LogP contribution in [0.2, 0.25) is 0 Å². The fourth-order valence-electron chi connectivity index (χ4n) is 2.38. The van der Waals surface area contributed by atoms with E-state index >= 15 is 0 Å². The number of likely N-dealkylation sites (N-methyl/N-ethyl adjacent to an activating group) is 1. The number of hydrogen-bond donors (Lipinski definition) is 2. The van der Waals surface area contributed by atoms with Crippen LogP contribution in [-0.4, -0.2) is 61.7 Å². The predicted octanol–water partition coefficient (Wildman–Crippen LogP) is 0.181. The van der Waals surface area contributed by atoms with Crippen molar-refractivity contribution in [3.8, 4) is 0 Å². The number of amides is 2. The van der Waals surface area contributed by atoms with Gasteiger partial charge in [-0.3, -0.25) is 14.6 Å². The Bertz CT molecular complexity index is 370. The third kappa shape index (κ3) is 4.03. The molecule has 0 aliphatic carbocycles. The molecule has 6 nitrogen and oxygen atoms in total. The number of rotatable bonds is 6. The van der Waals surface area contributed by atoms with E-state index in [1.54, 1.807) is 25.2 Å². The molecular weight excluding hydrogens is 256 g/mol. The topological polar surface area (TPSA) is 73.8 Å². The molecule has 0 spiro atoms. The Morgan fingerprint density at radius 2 is 2.20 bits per heavy atom. The number of hydrogen-bond acceptors (Lipinski definition) is 4. The van der Waals surface area contributed by atoms with Crippen LogP contribution in [0.25, 0.3) is 0 Å². The van der Waals surface area contributed by atoms with Crippen LogP contribution in [0.4, 0.5) is 0 Å². The normalized spacial score (nSPS) is 22.0. The highest BCUT2D eigenvalue weighted by atomic mass is 16.2. The highest BCUT2D eigenvalue weighted by Gasteiger charge is 2.35. The number of aliphatic imine (C=N–C) groups is 1. The average Bonchev–Trinajstić information content (AvgIpc) is 2.94. The van der Waals surface area contributed by atoms with Gasteiger partial charge >= 0.3 is 0 Å². The molecule has 0 aromatic carbocycles. The van der Waals surface area contributed by atoms with E-state index in [-0.39, 0.29) is 29.9 Å². The van der Waals surface area contributed by atoms with Crippen LogP contribution in [-0.2, 0) is 9.59 Å². The first-order valence-electron chi connectivity index (χ1n) is 7.25. The minimum atomic E-state index is -0.349. The van der Waals surface area contributed by atoms with Gasteiger partial charge in [-0.05, 0) is 33.2 Å². The van der Waals surface area contributed by atoms with Gasteiger partial charge in [0.25, 0.3) is 0 Å². The van der Waals surface area contributed by atoms with Crippen LogP contribution >= 0.6 is 0 Å². The molecule has 0 unspecified atom stereocenters. The largest absolute Gasteiger partial charge is 0.347 e. The van der Waals surface area contributed by atoms with Gasteiger partial charge in [0.05, 0.1) is 12.1 Å². The van der Waals surface area contributed by atoms with Crippen molar-refractivity contribution in [3.63, 3.8) is 0 Å². The maximum absolute atomic E-state index is 12.3. The number of carbonyl (C=O) groups excluding carboxylic acids is 2. The van der Waals surface area contributed by atoms with E-state index in [4.69, 9.17) is 0 Å². The van der Waals surface area contributed by atoms with Crippen LogP contribution in [0.15, 0.2) is 4.99 Å². The lowest BCUT2D eigenvalue weighted by molar-refractivity contribution is -0.139. The van der Waals surface area contributed by atoms with Gasteiger partial charge in [0.1, 0.15) is 6.04 Å².